The maximum Gasteiger partial charge on any atom is 0.407 e. The fourth-order valence-electron chi connectivity index (χ4n) is 2.87. The number of alkyl carbamates (subject to hydrolysis) is 1. The molecule has 7 nitrogen and oxygen atoms in total. The van der Waals surface area contributed by atoms with E-state index in [9.17, 15) is 24.9 Å². The Morgan fingerprint density at radius 3 is 2.29 bits per heavy atom. The van der Waals surface area contributed by atoms with Crippen LogP contribution in [0, 0.1) is 5.92 Å². The van der Waals surface area contributed by atoms with Gasteiger partial charge in [0.15, 0.2) is 0 Å². The maximum absolute atomic E-state index is 12.0. The molecule has 1 amide bonds. The number of carbonyl (C=O) groups excluding carboxylic acids is 1. The minimum Gasteiger partial charge on any atom is -0.481 e. The van der Waals surface area contributed by atoms with Crippen LogP contribution in [0.5, 0.6) is 0 Å². The number of carbonyl (C=O) groups is 2. The molecule has 0 bridgehead atoms. The number of carboxylic acid groups (broad SMARTS) is 1. The summed E-state index contributed by atoms with van der Waals surface area (Å²) in [4.78, 5) is 23.4. The number of carboxylic acids is 1. The Kier molecular flexibility index (Phi) is 6.57. The number of hydrogen-bond acceptors (Lipinski definition) is 5. The topological polar surface area (TPSA) is 116 Å². The number of nitrogens with one attached hydrogen (secondary N) is 1. The lowest BCUT2D eigenvalue weighted by molar-refractivity contribution is -0.144. The molecule has 0 spiro atoms. The minimum atomic E-state index is -1.04. The Morgan fingerprint density at radius 2 is 1.67 bits per heavy atom. The van der Waals surface area contributed by atoms with E-state index >= 15 is 0 Å². The van der Waals surface area contributed by atoms with Gasteiger partial charge in [0.05, 0.1) is 18.1 Å². The fraction of sp³-hybridized carbons (Fsp3) is 0.529. The maximum atomic E-state index is 12.0. The predicted octanol–water partition coefficient (Wildman–Crippen LogP) is 1.28. The molecule has 1 fully saturated rings. The first-order valence-corrected chi connectivity index (χ1v) is 8.03. The van der Waals surface area contributed by atoms with Crippen LogP contribution in [0.2, 0.25) is 0 Å². The number of aliphatic hydroxyl groups excluding tert-OH is 2. The van der Waals surface area contributed by atoms with Crippen molar-refractivity contribution in [2.45, 2.75) is 50.5 Å². The van der Waals surface area contributed by atoms with Crippen molar-refractivity contribution in [3.63, 3.8) is 0 Å². The van der Waals surface area contributed by atoms with E-state index in [-0.39, 0.29) is 32.3 Å². The third kappa shape index (κ3) is 5.21. The van der Waals surface area contributed by atoms with Crippen molar-refractivity contribution >= 4 is 12.1 Å². The van der Waals surface area contributed by atoms with Gasteiger partial charge in [-0.2, -0.15) is 0 Å². The van der Waals surface area contributed by atoms with Crippen molar-refractivity contribution in [2.75, 3.05) is 0 Å². The molecule has 0 radical (unpaired) electrons. The van der Waals surface area contributed by atoms with E-state index < -0.39 is 36.2 Å². The van der Waals surface area contributed by atoms with Crippen LogP contribution in [0.4, 0.5) is 4.79 Å². The van der Waals surface area contributed by atoms with Gasteiger partial charge < -0.3 is 25.4 Å². The van der Waals surface area contributed by atoms with Crippen LogP contribution in [-0.4, -0.2) is 45.6 Å². The second-order valence-electron chi connectivity index (χ2n) is 6.05. The van der Waals surface area contributed by atoms with E-state index in [1.807, 2.05) is 30.3 Å². The molecule has 0 saturated heterocycles. The Bertz CT molecular complexity index is 549. The SMILES string of the molecule is O=C(NC1CCC(O)C(O)CCC1C(=O)O)OCc1ccccc1. The zero-order valence-corrected chi connectivity index (χ0v) is 13.3. The van der Waals surface area contributed by atoms with Crippen molar-refractivity contribution in [3.8, 4) is 0 Å². The molecule has 4 atom stereocenters. The largest absolute Gasteiger partial charge is 0.481 e. The molecule has 24 heavy (non-hydrogen) atoms. The lowest BCUT2D eigenvalue weighted by atomic mass is 9.85. The van der Waals surface area contributed by atoms with Gasteiger partial charge >= 0.3 is 12.1 Å². The molecule has 1 aliphatic carbocycles. The Labute approximate surface area is 140 Å². The van der Waals surface area contributed by atoms with Crippen LogP contribution in [0.15, 0.2) is 30.3 Å². The summed E-state index contributed by atoms with van der Waals surface area (Å²) in [5.74, 6) is -1.86. The van der Waals surface area contributed by atoms with E-state index in [2.05, 4.69) is 5.32 Å². The van der Waals surface area contributed by atoms with E-state index in [0.717, 1.165) is 5.56 Å². The molecule has 4 N–H and O–H groups in total. The highest BCUT2D eigenvalue weighted by atomic mass is 16.5. The van der Waals surface area contributed by atoms with Gasteiger partial charge in [0.2, 0.25) is 0 Å². The molecule has 2 rings (SSSR count). The molecule has 0 heterocycles. The standard InChI is InChI=1S/C17H23NO6/c19-14-8-6-12(16(21)22)13(7-9-15(14)20)18-17(23)24-10-11-4-2-1-3-5-11/h1-5,12-15,19-20H,6-10H2,(H,18,23)(H,21,22). The van der Waals surface area contributed by atoms with E-state index in [0.29, 0.717) is 0 Å². The van der Waals surface area contributed by atoms with Crippen LogP contribution in [0.1, 0.15) is 31.2 Å². The van der Waals surface area contributed by atoms with Gasteiger partial charge in [-0.3, -0.25) is 4.79 Å². The molecule has 0 aromatic heterocycles. The highest BCUT2D eigenvalue weighted by molar-refractivity contribution is 5.73. The van der Waals surface area contributed by atoms with Gasteiger partial charge in [-0.15, -0.1) is 0 Å². The third-order valence-electron chi connectivity index (χ3n) is 4.31. The zero-order chi connectivity index (χ0) is 17.5. The fourth-order valence-corrected chi connectivity index (χ4v) is 2.87. The summed E-state index contributed by atoms with van der Waals surface area (Å²) in [6.07, 6.45) is -1.70. The lowest BCUT2D eigenvalue weighted by Gasteiger charge is -2.30. The lowest BCUT2D eigenvalue weighted by Crippen LogP contribution is -2.46. The highest BCUT2D eigenvalue weighted by Gasteiger charge is 2.34. The summed E-state index contributed by atoms with van der Waals surface area (Å²) in [7, 11) is 0. The van der Waals surface area contributed by atoms with E-state index in [1.54, 1.807) is 0 Å². The average molecular weight is 337 g/mol. The van der Waals surface area contributed by atoms with Crippen LogP contribution in [-0.2, 0) is 16.1 Å². The first kappa shape index (κ1) is 18.2. The molecule has 1 aromatic rings. The number of amides is 1. The third-order valence-corrected chi connectivity index (χ3v) is 4.31. The van der Waals surface area contributed by atoms with Gasteiger partial charge in [-0.1, -0.05) is 30.3 Å². The Hall–Kier alpha value is -2.12. The molecule has 4 unspecified atom stereocenters. The van der Waals surface area contributed by atoms with Crippen LogP contribution >= 0.6 is 0 Å². The summed E-state index contributed by atoms with van der Waals surface area (Å²) in [5, 5.41) is 31.4. The second kappa shape index (κ2) is 8.65. The molecular weight excluding hydrogens is 314 g/mol. The molecule has 1 aliphatic rings. The summed E-state index contributed by atoms with van der Waals surface area (Å²) in [6, 6.07) is 8.52. The van der Waals surface area contributed by atoms with Crippen LogP contribution < -0.4 is 5.32 Å². The van der Waals surface area contributed by atoms with E-state index in [4.69, 9.17) is 4.74 Å². The minimum absolute atomic E-state index is 0.0957. The number of ether oxygens (including phenoxy) is 1. The molecule has 1 aromatic carbocycles. The van der Waals surface area contributed by atoms with Crippen molar-refractivity contribution < 1.29 is 29.6 Å². The summed E-state index contributed by atoms with van der Waals surface area (Å²) in [6.45, 7) is 0.0957. The molecular formula is C17H23NO6. The molecule has 1 saturated carbocycles. The van der Waals surface area contributed by atoms with Crippen molar-refractivity contribution in [2.24, 2.45) is 5.92 Å². The van der Waals surface area contributed by atoms with Crippen LogP contribution in [0.3, 0.4) is 0 Å². The normalized spacial score (nSPS) is 27.6. The monoisotopic (exact) mass is 337 g/mol. The van der Waals surface area contributed by atoms with Gasteiger partial charge in [-0.05, 0) is 31.2 Å². The van der Waals surface area contributed by atoms with Gasteiger partial charge in [0, 0.05) is 6.04 Å². The van der Waals surface area contributed by atoms with Gasteiger partial charge in [0.25, 0.3) is 0 Å². The Morgan fingerprint density at radius 1 is 1.04 bits per heavy atom. The summed E-state index contributed by atoms with van der Waals surface area (Å²) in [5.41, 5.74) is 0.832. The van der Waals surface area contributed by atoms with Gasteiger partial charge in [-0.25, -0.2) is 4.79 Å². The number of aliphatic carboxylic acids is 1. The number of rotatable bonds is 4. The Balaban J connectivity index is 1.93. The van der Waals surface area contributed by atoms with Crippen molar-refractivity contribution in [1.82, 2.24) is 5.32 Å². The first-order chi connectivity index (χ1) is 11.5. The molecule has 0 aliphatic heterocycles. The quantitative estimate of drug-likeness (QED) is 0.658. The highest BCUT2D eigenvalue weighted by Crippen LogP contribution is 2.24. The molecule has 132 valence electrons. The predicted molar refractivity (Wildman–Crippen MR) is 85.2 cm³/mol. The van der Waals surface area contributed by atoms with E-state index in [1.165, 1.54) is 0 Å². The number of benzene rings is 1. The van der Waals surface area contributed by atoms with Crippen molar-refractivity contribution in [3.05, 3.63) is 35.9 Å². The smallest absolute Gasteiger partial charge is 0.407 e. The second-order valence-corrected chi connectivity index (χ2v) is 6.05. The number of hydrogen-bond donors (Lipinski definition) is 4. The zero-order valence-electron chi connectivity index (χ0n) is 13.3. The van der Waals surface area contributed by atoms with Crippen LogP contribution in [0.25, 0.3) is 0 Å². The summed E-state index contributed by atoms with van der Waals surface area (Å²) >= 11 is 0. The molecule has 7 heteroatoms. The average Bonchev–Trinajstić information content (AvgIpc) is 2.56. The summed E-state index contributed by atoms with van der Waals surface area (Å²) < 4.78 is 5.12. The number of aliphatic hydroxyl groups is 2. The van der Waals surface area contributed by atoms with Gasteiger partial charge in [0.1, 0.15) is 6.61 Å². The van der Waals surface area contributed by atoms with Crippen molar-refractivity contribution in [1.29, 1.82) is 0 Å². The first-order valence-electron chi connectivity index (χ1n) is 8.03.